The molecule has 66 valence electrons. The minimum atomic E-state index is -0.430. The van der Waals surface area contributed by atoms with Gasteiger partial charge in [-0.2, -0.15) is 0 Å². The molecule has 0 spiro atoms. The van der Waals surface area contributed by atoms with E-state index in [1.165, 1.54) is 0 Å². The molecular formula is C7H14ClNO2. The second kappa shape index (κ2) is 4.26. The van der Waals surface area contributed by atoms with Crippen molar-refractivity contribution in [2.45, 2.75) is 19.3 Å². The van der Waals surface area contributed by atoms with Gasteiger partial charge in [-0.05, 0) is 6.92 Å². The van der Waals surface area contributed by atoms with Crippen LogP contribution in [0.15, 0.2) is 0 Å². The highest BCUT2D eigenvalue weighted by molar-refractivity contribution is 6.18. The molecule has 2 atom stereocenters. The van der Waals surface area contributed by atoms with Crippen molar-refractivity contribution in [3.8, 4) is 0 Å². The Kier molecular flexibility index (Phi) is 3.59. The molecule has 0 radical (unpaired) electrons. The van der Waals surface area contributed by atoms with E-state index in [2.05, 4.69) is 4.90 Å². The smallest absolute Gasteiger partial charge is 0.107 e. The van der Waals surface area contributed by atoms with Crippen molar-refractivity contribution in [1.29, 1.82) is 0 Å². The molecule has 1 aliphatic rings. The quantitative estimate of drug-likeness (QED) is 0.632. The summed E-state index contributed by atoms with van der Waals surface area (Å²) in [5.41, 5.74) is 0. The van der Waals surface area contributed by atoms with Crippen molar-refractivity contribution >= 4 is 11.6 Å². The Morgan fingerprint density at radius 1 is 1.82 bits per heavy atom. The fourth-order valence-electron chi connectivity index (χ4n) is 1.19. The van der Waals surface area contributed by atoms with Crippen LogP contribution in [0.2, 0.25) is 0 Å². The van der Waals surface area contributed by atoms with Crippen LogP contribution in [0, 0.1) is 0 Å². The van der Waals surface area contributed by atoms with Crippen LogP contribution < -0.4 is 0 Å². The summed E-state index contributed by atoms with van der Waals surface area (Å²) in [6, 6.07) is 0. The van der Waals surface area contributed by atoms with Crippen LogP contribution in [0.4, 0.5) is 0 Å². The number of ether oxygens (including phenoxy) is 1. The molecule has 0 aliphatic carbocycles. The van der Waals surface area contributed by atoms with Gasteiger partial charge in [0.05, 0.1) is 12.7 Å². The summed E-state index contributed by atoms with van der Waals surface area (Å²) in [6.07, 6.45) is -0.298. The van der Waals surface area contributed by atoms with Crippen LogP contribution in [0.25, 0.3) is 0 Å². The van der Waals surface area contributed by atoms with E-state index in [4.69, 9.17) is 16.3 Å². The molecule has 1 heterocycles. The molecule has 1 saturated heterocycles. The van der Waals surface area contributed by atoms with Crippen LogP contribution in [0.1, 0.15) is 6.92 Å². The van der Waals surface area contributed by atoms with Crippen LogP contribution >= 0.6 is 11.6 Å². The Morgan fingerprint density at radius 3 is 3.00 bits per heavy atom. The number of aliphatic hydroxyl groups excluding tert-OH is 1. The molecule has 11 heavy (non-hydrogen) atoms. The summed E-state index contributed by atoms with van der Waals surface area (Å²) >= 11 is 5.46. The average Bonchev–Trinajstić information content (AvgIpc) is 2.37. The van der Waals surface area contributed by atoms with E-state index < -0.39 is 6.10 Å². The average molecular weight is 180 g/mol. The molecule has 0 aromatic carbocycles. The molecule has 1 N–H and O–H groups in total. The van der Waals surface area contributed by atoms with Gasteiger partial charge in [0.15, 0.2) is 0 Å². The third kappa shape index (κ3) is 2.60. The maximum Gasteiger partial charge on any atom is 0.107 e. The lowest BCUT2D eigenvalue weighted by atomic mass is 10.3. The predicted molar refractivity (Wildman–Crippen MR) is 43.7 cm³/mol. The molecule has 2 unspecified atom stereocenters. The Morgan fingerprint density at radius 2 is 2.55 bits per heavy atom. The predicted octanol–water partition coefficient (Wildman–Crippen LogP) is 0.264. The van der Waals surface area contributed by atoms with Gasteiger partial charge in [-0.25, -0.2) is 0 Å². The zero-order chi connectivity index (χ0) is 8.27. The molecule has 0 amide bonds. The highest BCUT2D eigenvalue weighted by Crippen LogP contribution is 2.09. The first-order valence-corrected chi connectivity index (χ1v) is 4.37. The van der Waals surface area contributed by atoms with E-state index in [-0.39, 0.29) is 6.23 Å². The monoisotopic (exact) mass is 179 g/mol. The van der Waals surface area contributed by atoms with Crippen molar-refractivity contribution in [1.82, 2.24) is 4.90 Å². The number of hydrogen-bond acceptors (Lipinski definition) is 3. The molecule has 0 bridgehead atoms. The van der Waals surface area contributed by atoms with E-state index in [1.807, 2.05) is 6.92 Å². The SMILES string of the molecule is CC1OCCN1CC(O)CCl. The van der Waals surface area contributed by atoms with Gasteiger partial charge in [0.25, 0.3) is 0 Å². The summed E-state index contributed by atoms with van der Waals surface area (Å²) in [5, 5.41) is 9.21. The highest BCUT2D eigenvalue weighted by Gasteiger charge is 2.22. The maximum absolute atomic E-state index is 9.21. The molecule has 3 nitrogen and oxygen atoms in total. The van der Waals surface area contributed by atoms with Crippen molar-refractivity contribution in [2.24, 2.45) is 0 Å². The molecule has 0 saturated carbocycles. The second-order valence-corrected chi connectivity index (χ2v) is 3.08. The maximum atomic E-state index is 9.21. The van der Waals surface area contributed by atoms with Gasteiger partial charge in [0.1, 0.15) is 6.23 Å². The lowest BCUT2D eigenvalue weighted by molar-refractivity contribution is 0.0279. The largest absolute Gasteiger partial charge is 0.391 e. The van der Waals surface area contributed by atoms with Gasteiger partial charge < -0.3 is 9.84 Å². The van der Waals surface area contributed by atoms with Gasteiger partial charge in [0.2, 0.25) is 0 Å². The zero-order valence-electron chi connectivity index (χ0n) is 6.66. The molecule has 1 rings (SSSR count). The number of aliphatic hydroxyl groups is 1. The Bertz CT molecular complexity index is 123. The first-order chi connectivity index (χ1) is 5.24. The molecule has 0 aromatic rings. The lowest BCUT2D eigenvalue weighted by Crippen LogP contribution is -2.35. The Labute approximate surface area is 71.9 Å². The highest BCUT2D eigenvalue weighted by atomic mass is 35.5. The van der Waals surface area contributed by atoms with E-state index in [9.17, 15) is 5.11 Å². The topological polar surface area (TPSA) is 32.7 Å². The number of nitrogens with zero attached hydrogens (tertiary/aromatic N) is 1. The standard InChI is InChI=1S/C7H14ClNO2/c1-6-9(2-3-11-6)5-7(10)4-8/h6-7,10H,2-5H2,1H3. The number of hydrogen-bond donors (Lipinski definition) is 1. The minimum Gasteiger partial charge on any atom is -0.391 e. The van der Waals surface area contributed by atoms with E-state index in [0.717, 1.165) is 13.2 Å². The van der Waals surface area contributed by atoms with Crippen molar-refractivity contribution in [3.05, 3.63) is 0 Å². The third-order valence-electron chi connectivity index (χ3n) is 1.88. The zero-order valence-corrected chi connectivity index (χ0v) is 7.42. The molecule has 0 aromatic heterocycles. The number of β-amino-alcohol motifs (C(OH)–C–C–N with tert-alkyl or cyclic N) is 1. The lowest BCUT2D eigenvalue weighted by Gasteiger charge is -2.21. The summed E-state index contributed by atoms with van der Waals surface area (Å²) in [4.78, 5) is 2.08. The van der Waals surface area contributed by atoms with Crippen LogP contribution in [0.5, 0.6) is 0 Å². The van der Waals surface area contributed by atoms with Crippen LogP contribution in [-0.4, -0.2) is 47.9 Å². The second-order valence-electron chi connectivity index (χ2n) is 2.77. The van der Waals surface area contributed by atoms with Gasteiger partial charge in [0, 0.05) is 19.0 Å². The van der Waals surface area contributed by atoms with E-state index in [1.54, 1.807) is 0 Å². The number of halogens is 1. The first-order valence-electron chi connectivity index (χ1n) is 3.83. The summed E-state index contributed by atoms with van der Waals surface area (Å²) in [6.45, 7) is 4.25. The van der Waals surface area contributed by atoms with Gasteiger partial charge >= 0.3 is 0 Å². The molecule has 1 aliphatic heterocycles. The third-order valence-corrected chi connectivity index (χ3v) is 2.23. The fraction of sp³-hybridized carbons (Fsp3) is 1.00. The van der Waals surface area contributed by atoms with Gasteiger partial charge in [-0.3, -0.25) is 4.90 Å². The first kappa shape index (κ1) is 9.26. The Hall–Kier alpha value is 0.170. The van der Waals surface area contributed by atoms with Gasteiger partial charge in [-0.1, -0.05) is 0 Å². The number of rotatable bonds is 3. The van der Waals surface area contributed by atoms with Crippen molar-refractivity contribution < 1.29 is 9.84 Å². The van der Waals surface area contributed by atoms with Crippen molar-refractivity contribution in [3.63, 3.8) is 0 Å². The Balaban J connectivity index is 2.24. The molecular weight excluding hydrogens is 166 g/mol. The van der Waals surface area contributed by atoms with Crippen molar-refractivity contribution in [2.75, 3.05) is 25.6 Å². The van der Waals surface area contributed by atoms with Gasteiger partial charge in [-0.15, -0.1) is 11.6 Å². The normalized spacial score (nSPS) is 29.2. The molecule has 1 fully saturated rings. The summed E-state index contributed by atoms with van der Waals surface area (Å²) in [5.74, 6) is 0.295. The van der Waals surface area contributed by atoms with Crippen LogP contribution in [0.3, 0.4) is 0 Å². The fourth-order valence-corrected chi connectivity index (χ4v) is 1.28. The minimum absolute atomic E-state index is 0.132. The van der Waals surface area contributed by atoms with E-state index in [0.29, 0.717) is 12.4 Å². The van der Waals surface area contributed by atoms with Crippen LogP contribution in [-0.2, 0) is 4.74 Å². The van der Waals surface area contributed by atoms with E-state index >= 15 is 0 Å². The summed E-state index contributed by atoms with van der Waals surface area (Å²) < 4.78 is 5.28. The molecule has 4 heteroatoms. The number of alkyl halides is 1. The summed E-state index contributed by atoms with van der Waals surface area (Å²) in [7, 11) is 0.